The lowest BCUT2D eigenvalue weighted by molar-refractivity contribution is 0.786. The quantitative estimate of drug-likeness (QED) is 0.817. The third-order valence-electron chi connectivity index (χ3n) is 3.15. The lowest BCUT2D eigenvalue weighted by atomic mass is 10.1. The Morgan fingerprint density at radius 3 is 3.00 bits per heavy atom. The van der Waals surface area contributed by atoms with Crippen molar-refractivity contribution in [1.82, 2.24) is 15.5 Å². The maximum absolute atomic E-state index is 4.31. The number of nitrogens with one attached hydrogen (secondary N) is 3. The molecular formula is C13H15BrN4. The number of benzene rings is 1. The second-order valence-corrected chi connectivity index (χ2v) is 5.34. The lowest BCUT2D eigenvalue weighted by Gasteiger charge is -2.08. The molecule has 1 fully saturated rings. The van der Waals surface area contributed by atoms with Crippen molar-refractivity contribution < 1.29 is 0 Å². The van der Waals surface area contributed by atoms with E-state index in [1.165, 1.54) is 0 Å². The van der Waals surface area contributed by atoms with Crippen molar-refractivity contribution in [3.05, 3.63) is 34.8 Å². The number of H-pyrrole nitrogens is 1. The van der Waals surface area contributed by atoms with Gasteiger partial charge in [0.2, 0.25) is 0 Å². The van der Waals surface area contributed by atoms with Gasteiger partial charge in [-0.25, -0.2) is 0 Å². The molecule has 0 amide bonds. The van der Waals surface area contributed by atoms with Crippen LogP contribution in [0, 0.1) is 0 Å². The Morgan fingerprint density at radius 1 is 1.33 bits per heavy atom. The normalized spacial score (nSPS) is 19.1. The molecule has 5 heteroatoms. The molecule has 0 saturated carbocycles. The lowest BCUT2D eigenvalue weighted by Crippen LogP contribution is -2.22. The molecule has 1 aromatic carbocycles. The Hall–Kier alpha value is -1.33. The van der Waals surface area contributed by atoms with Gasteiger partial charge in [-0.3, -0.25) is 5.10 Å². The predicted octanol–water partition coefficient (Wildman–Crippen LogP) is 2.61. The van der Waals surface area contributed by atoms with Crippen LogP contribution < -0.4 is 10.6 Å². The Labute approximate surface area is 114 Å². The molecule has 4 nitrogen and oxygen atoms in total. The Morgan fingerprint density at radius 2 is 2.22 bits per heavy atom. The van der Waals surface area contributed by atoms with Gasteiger partial charge in [0.15, 0.2) is 0 Å². The smallest absolute Gasteiger partial charge is 0.148 e. The van der Waals surface area contributed by atoms with Gasteiger partial charge in [0.05, 0.1) is 5.69 Å². The van der Waals surface area contributed by atoms with Crippen molar-refractivity contribution in [3.8, 4) is 11.3 Å². The summed E-state index contributed by atoms with van der Waals surface area (Å²) in [7, 11) is 0. The first-order valence-electron chi connectivity index (χ1n) is 6.10. The van der Waals surface area contributed by atoms with Crippen LogP contribution in [0.4, 0.5) is 5.82 Å². The van der Waals surface area contributed by atoms with E-state index in [0.29, 0.717) is 6.04 Å². The molecule has 0 aliphatic carbocycles. The van der Waals surface area contributed by atoms with Gasteiger partial charge < -0.3 is 10.6 Å². The molecule has 2 heterocycles. The van der Waals surface area contributed by atoms with Crippen LogP contribution in [0.5, 0.6) is 0 Å². The average Bonchev–Trinajstić information content (AvgIpc) is 3.02. The van der Waals surface area contributed by atoms with Gasteiger partial charge in [-0.1, -0.05) is 34.1 Å². The van der Waals surface area contributed by atoms with E-state index in [1.54, 1.807) is 0 Å². The van der Waals surface area contributed by atoms with Crippen LogP contribution in [0.1, 0.15) is 6.42 Å². The van der Waals surface area contributed by atoms with E-state index in [0.717, 1.165) is 41.1 Å². The van der Waals surface area contributed by atoms with Crippen LogP contribution in [0.15, 0.2) is 34.8 Å². The van der Waals surface area contributed by atoms with Crippen LogP contribution in [-0.2, 0) is 0 Å². The fraction of sp³-hybridized carbons (Fsp3) is 0.308. The standard InChI is InChI=1S/C13H15BrN4/c14-11-4-2-1-3-10(11)12-7-13(18-17-12)16-9-5-6-15-8-9/h1-4,7,9,15H,5-6,8H2,(H2,16,17,18). The second kappa shape index (κ2) is 5.12. The van der Waals surface area contributed by atoms with Crippen molar-refractivity contribution in [2.45, 2.75) is 12.5 Å². The first-order chi connectivity index (χ1) is 8.83. The number of hydrogen-bond acceptors (Lipinski definition) is 3. The van der Waals surface area contributed by atoms with Crippen LogP contribution in [0.3, 0.4) is 0 Å². The maximum atomic E-state index is 4.31. The zero-order chi connectivity index (χ0) is 12.4. The maximum Gasteiger partial charge on any atom is 0.148 e. The highest BCUT2D eigenvalue weighted by Gasteiger charge is 2.15. The molecule has 1 unspecified atom stereocenters. The largest absolute Gasteiger partial charge is 0.365 e. The molecule has 1 aliphatic heterocycles. The monoisotopic (exact) mass is 306 g/mol. The van der Waals surface area contributed by atoms with Gasteiger partial charge in [-0.2, -0.15) is 5.10 Å². The zero-order valence-electron chi connectivity index (χ0n) is 9.91. The molecule has 3 rings (SSSR count). The van der Waals surface area contributed by atoms with E-state index in [-0.39, 0.29) is 0 Å². The van der Waals surface area contributed by atoms with E-state index < -0.39 is 0 Å². The van der Waals surface area contributed by atoms with E-state index in [4.69, 9.17) is 0 Å². The van der Waals surface area contributed by atoms with Gasteiger partial charge in [-0.05, 0) is 19.0 Å². The highest BCUT2D eigenvalue weighted by Crippen LogP contribution is 2.27. The number of rotatable bonds is 3. The van der Waals surface area contributed by atoms with Gasteiger partial charge in [0.25, 0.3) is 0 Å². The summed E-state index contributed by atoms with van der Waals surface area (Å²) < 4.78 is 1.07. The molecular weight excluding hydrogens is 292 g/mol. The number of halogens is 1. The molecule has 1 aliphatic rings. The Bertz CT molecular complexity index is 531. The van der Waals surface area contributed by atoms with Crippen LogP contribution in [0.25, 0.3) is 11.3 Å². The second-order valence-electron chi connectivity index (χ2n) is 4.48. The Kier molecular flexibility index (Phi) is 3.34. The summed E-state index contributed by atoms with van der Waals surface area (Å²) in [6, 6.07) is 10.7. The molecule has 1 atom stereocenters. The van der Waals surface area contributed by atoms with Crippen LogP contribution in [-0.4, -0.2) is 29.3 Å². The Balaban J connectivity index is 1.79. The molecule has 0 bridgehead atoms. The summed E-state index contributed by atoms with van der Waals surface area (Å²) in [4.78, 5) is 0. The predicted molar refractivity (Wildman–Crippen MR) is 76.6 cm³/mol. The number of nitrogens with zero attached hydrogens (tertiary/aromatic N) is 1. The fourth-order valence-electron chi connectivity index (χ4n) is 2.20. The summed E-state index contributed by atoms with van der Waals surface area (Å²) in [5.74, 6) is 0.912. The highest BCUT2D eigenvalue weighted by molar-refractivity contribution is 9.10. The van der Waals surface area contributed by atoms with Crippen molar-refractivity contribution in [3.63, 3.8) is 0 Å². The molecule has 0 spiro atoms. The topological polar surface area (TPSA) is 52.7 Å². The molecule has 3 N–H and O–H groups in total. The van der Waals surface area contributed by atoms with E-state index >= 15 is 0 Å². The van der Waals surface area contributed by atoms with Crippen molar-refractivity contribution in [1.29, 1.82) is 0 Å². The minimum atomic E-state index is 0.486. The molecule has 94 valence electrons. The summed E-state index contributed by atoms with van der Waals surface area (Å²) in [6.45, 7) is 2.09. The summed E-state index contributed by atoms with van der Waals surface area (Å²) >= 11 is 3.55. The van der Waals surface area contributed by atoms with Crippen molar-refractivity contribution >= 4 is 21.7 Å². The first kappa shape index (κ1) is 11.7. The minimum absolute atomic E-state index is 0.486. The fourth-order valence-corrected chi connectivity index (χ4v) is 2.70. The van der Waals surface area contributed by atoms with E-state index in [9.17, 15) is 0 Å². The summed E-state index contributed by atoms with van der Waals surface area (Å²) in [6.07, 6.45) is 1.15. The number of hydrogen-bond donors (Lipinski definition) is 3. The van der Waals surface area contributed by atoms with E-state index in [1.807, 2.05) is 18.2 Å². The minimum Gasteiger partial charge on any atom is -0.365 e. The third kappa shape index (κ3) is 2.42. The third-order valence-corrected chi connectivity index (χ3v) is 3.85. The highest BCUT2D eigenvalue weighted by atomic mass is 79.9. The van der Waals surface area contributed by atoms with Crippen molar-refractivity contribution in [2.24, 2.45) is 0 Å². The number of aromatic nitrogens is 2. The first-order valence-corrected chi connectivity index (χ1v) is 6.90. The molecule has 18 heavy (non-hydrogen) atoms. The average molecular weight is 307 g/mol. The van der Waals surface area contributed by atoms with Gasteiger partial charge in [-0.15, -0.1) is 0 Å². The summed E-state index contributed by atoms with van der Waals surface area (Å²) in [5.41, 5.74) is 2.15. The zero-order valence-corrected chi connectivity index (χ0v) is 11.5. The van der Waals surface area contributed by atoms with Gasteiger partial charge >= 0.3 is 0 Å². The number of aromatic amines is 1. The molecule has 2 aromatic rings. The van der Waals surface area contributed by atoms with Crippen LogP contribution in [0.2, 0.25) is 0 Å². The molecule has 1 saturated heterocycles. The number of anilines is 1. The SMILES string of the molecule is Brc1ccccc1-c1cc(NC2CCNC2)n[nH]1. The summed E-state index contributed by atoms with van der Waals surface area (Å²) in [5, 5.41) is 14.1. The van der Waals surface area contributed by atoms with Crippen LogP contribution >= 0.6 is 15.9 Å². The molecule has 0 radical (unpaired) electrons. The van der Waals surface area contributed by atoms with Crippen molar-refractivity contribution in [2.75, 3.05) is 18.4 Å². The van der Waals surface area contributed by atoms with Gasteiger partial charge in [0, 0.05) is 28.7 Å². The van der Waals surface area contributed by atoms with E-state index in [2.05, 4.69) is 48.9 Å². The van der Waals surface area contributed by atoms with Gasteiger partial charge in [0.1, 0.15) is 5.82 Å². The molecule has 1 aromatic heterocycles.